The van der Waals surface area contributed by atoms with Gasteiger partial charge in [0.05, 0.1) is 15.7 Å². The quantitative estimate of drug-likeness (QED) is 0.736. The molecule has 118 valence electrons. The van der Waals surface area contributed by atoms with Crippen molar-refractivity contribution in [1.29, 1.82) is 0 Å². The molecule has 0 aliphatic carbocycles. The van der Waals surface area contributed by atoms with Crippen LogP contribution >= 0.6 is 23.2 Å². The van der Waals surface area contributed by atoms with Gasteiger partial charge in [-0.05, 0) is 24.5 Å². The minimum absolute atomic E-state index is 0.204. The molecular weight excluding hydrogens is 331 g/mol. The smallest absolute Gasteiger partial charge is 0.224 e. The molecule has 0 saturated carbocycles. The fourth-order valence-electron chi connectivity index (χ4n) is 1.76. The van der Waals surface area contributed by atoms with Crippen LogP contribution in [-0.2, 0) is 15.6 Å². The zero-order valence-corrected chi connectivity index (χ0v) is 14.4. The van der Waals surface area contributed by atoms with Crippen LogP contribution in [0.5, 0.6) is 0 Å². The summed E-state index contributed by atoms with van der Waals surface area (Å²) in [6, 6.07) is 3.06. The van der Waals surface area contributed by atoms with Crippen molar-refractivity contribution in [3.05, 3.63) is 22.2 Å². The lowest BCUT2D eigenvalue weighted by Gasteiger charge is -2.10. The van der Waals surface area contributed by atoms with Gasteiger partial charge in [-0.3, -0.25) is 9.00 Å². The minimum atomic E-state index is -0.874. The summed E-state index contributed by atoms with van der Waals surface area (Å²) >= 11 is 12.0. The maximum Gasteiger partial charge on any atom is 0.224 e. The molecule has 0 heterocycles. The second kappa shape index (κ2) is 8.61. The van der Waals surface area contributed by atoms with Crippen molar-refractivity contribution in [2.75, 3.05) is 22.6 Å². The molecule has 0 aliphatic heterocycles. The van der Waals surface area contributed by atoms with E-state index in [2.05, 4.69) is 5.32 Å². The third kappa shape index (κ3) is 6.68. The molecule has 21 heavy (non-hydrogen) atoms. The maximum absolute atomic E-state index is 11.8. The Kier molecular flexibility index (Phi) is 7.49. The standard InChI is InChI=1S/C14H20Cl2N2O2S/c1-9(2)8-21(20)5-3-4-13(19)18-14-11(15)6-10(17)7-12(14)16/h6-7,9H,3-5,8,17H2,1-2H3,(H,18,19). The Balaban J connectivity index is 2.46. The molecule has 0 bridgehead atoms. The number of benzene rings is 1. The number of anilines is 2. The molecular formula is C14H20Cl2N2O2S. The van der Waals surface area contributed by atoms with E-state index in [1.165, 1.54) is 12.1 Å². The highest BCUT2D eigenvalue weighted by molar-refractivity contribution is 7.84. The normalized spacial score (nSPS) is 12.4. The SMILES string of the molecule is CC(C)CS(=O)CCCC(=O)Nc1c(Cl)cc(N)cc1Cl. The van der Waals surface area contributed by atoms with Gasteiger partial charge in [0.1, 0.15) is 0 Å². The molecule has 0 fully saturated rings. The zero-order chi connectivity index (χ0) is 16.0. The van der Waals surface area contributed by atoms with E-state index in [9.17, 15) is 9.00 Å². The average Bonchev–Trinajstić information content (AvgIpc) is 2.32. The van der Waals surface area contributed by atoms with E-state index in [4.69, 9.17) is 28.9 Å². The van der Waals surface area contributed by atoms with Gasteiger partial charge >= 0.3 is 0 Å². The van der Waals surface area contributed by atoms with Crippen molar-refractivity contribution < 1.29 is 9.00 Å². The molecule has 3 N–H and O–H groups in total. The van der Waals surface area contributed by atoms with E-state index in [1.807, 2.05) is 13.8 Å². The van der Waals surface area contributed by atoms with E-state index >= 15 is 0 Å². The molecule has 1 amide bonds. The van der Waals surface area contributed by atoms with Gasteiger partial charge in [-0.1, -0.05) is 37.0 Å². The molecule has 4 nitrogen and oxygen atoms in total. The molecule has 1 aromatic carbocycles. The summed E-state index contributed by atoms with van der Waals surface area (Å²) in [6.07, 6.45) is 0.843. The summed E-state index contributed by atoms with van der Waals surface area (Å²) in [7, 11) is -0.874. The Hall–Kier alpha value is -0.780. The molecule has 1 unspecified atom stereocenters. The van der Waals surface area contributed by atoms with Gasteiger partial charge in [0, 0.05) is 34.4 Å². The molecule has 0 radical (unpaired) electrons. The van der Waals surface area contributed by atoms with Gasteiger partial charge in [0.25, 0.3) is 0 Å². The third-order valence-corrected chi connectivity index (χ3v) is 5.00. The Labute approximate surface area is 137 Å². The topological polar surface area (TPSA) is 72.2 Å². The second-order valence-electron chi connectivity index (χ2n) is 5.22. The Bertz CT molecular complexity index is 513. The Morgan fingerprint density at radius 2 is 1.90 bits per heavy atom. The largest absolute Gasteiger partial charge is 0.399 e. The van der Waals surface area contributed by atoms with Crippen molar-refractivity contribution in [2.45, 2.75) is 26.7 Å². The number of nitrogen functional groups attached to an aromatic ring is 1. The van der Waals surface area contributed by atoms with Crippen molar-refractivity contribution in [3.8, 4) is 0 Å². The predicted molar refractivity (Wildman–Crippen MR) is 91.5 cm³/mol. The van der Waals surface area contributed by atoms with Crippen LogP contribution in [0, 0.1) is 5.92 Å². The first-order chi connectivity index (χ1) is 9.79. The monoisotopic (exact) mass is 350 g/mol. The number of carbonyl (C=O) groups excluding carboxylic acids is 1. The zero-order valence-electron chi connectivity index (χ0n) is 12.1. The molecule has 1 atom stereocenters. The highest BCUT2D eigenvalue weighted by atomic mass is 35.5. The van der Waals surface area contributed by atoms with Crippen molar-refractivity contribution >= 4 is 51.3 Å². The van der Waals surface area contributed by atoms with E-state index in [0.717, 1.165) is 0 Å². The number of nitrogens with two attached hydrogens (primary N) is 1. The van der Waals surface area contributed by atoms with E-state index in [0.29, 0.717) is 45.3 Å². The number of hydrogen-bond donors (Lipinski definition) is 2. The van der Waals surface area contributed by atoms with Gasteiger partial charge in [0.2, 0.25) is 5.91 Å². The molecule has 7 heteroatoms. The van der Waals surface area contributed by atoms with Gasteiger partial charge in [-0.25, -0.2) is 0 Å². The van der Waals surface area contributed by atoms with Crippen LogP contribution in [0.2, 0.25) is 10.0 Å². The molecule has 1 rings (SSSR count). The number of carbonyl (C=O) groups is 1. The van der Waals surface area contributed by atoms with Gasteiger partial charge in [-0.2, -0.15) is 0 Å². The molecule has 1 aromatic rings. The van der Waals surface area contributed by atoms with Crippen LogP contribution < -0.4 is 11.1 Å². The first-order valence-corrected chi connectivity index (χ1v) is 8.93. The van der Waals surface area contributed by atoms with Gasteiger partial charge in [0.15, 0.2) is 0 Å². The maximum atomic E-state index is 11.8. The summed E-state index contributed by atoms with van der Waals surface area (Å²) in [6.45, 7) is 4.05. The predicted octanol–water partition coefficient (Wildman–Crippen LogP) is 3.70. The fraction of sp³-hybridized carbons (Fsp3) is 0.500. The highest BCUT2D eigenvalue weighted by Crippen LogP contribution is 2.32. The van der Waals surface area contributed by atoms with Crippen molar-refractivity contribution in [1.82, 2.24) is 0 Å². The highest BCUT2D eigenvalue weighted by Gasteiger charge is 2.11. The van der Waals surface area contributed by atoms with Crippen molar-refractivity contribution in [3.63, 3.8) is 0 Å². The second-order valence-corrected chi connectivity index (χ2v) is 7.65. The van der Waals surface area contributed by atoms with Crippen LogP contribution in [0.15, 0.2) is 12.1 Å². The Morgan fingerprint density at radius 1 is 1.33 bits per heavy atom. The number of amides is 1. The van der Waals surface area contributed by atoms with Gasteiger partial charge in [-0.15, -0.1) is 0 Å². The average molecular weight is 351 g/mol. The third-order valence-electron chi connectivity index (χ3n) is 2.62. The first kappa shape index (κ1) is 18.3. The van der Waals surface area contributed by atoms with E-state index < -0.39 is 10.8 Å². The summed E-state index contributed by atoms with van der Waals surface area (Å²) < 4.78 is 11.7. The molecule has 0 spiro atoms. The number of rotatable bonds is 7. The van der Waals surface area contributed by atoms with Crippen LogP contribution in [-0.4, -0.2) is 21.6 Å². The molecule has 0 aromatic heterocycles. The van der Waals surface area contributed by atoms with E-state index in [1.54, 1.807) is 0 Å². The van der Waals surface area contributed by atoms with E-state index in [-0.39, 0.29) is 12.3 Å². The lowest BCUT2D eigenvalue weighted by atomic mass is 10.2. The van der Waals surface area contributed by atoms with Crippen LogP contribution in [0.4, 0.5) is 11.4 Å². The van der Waals surface area contributed by atoms with Crippen LogP contribution in [0.25, 0.3) is 0 Å². The molecule has 0 saturated heterocycles. The summed E-state index contributed by atoms with van der Waals surface area (Å²) in [4.78, 5) is 11.8. The lowest BCUT2D eigenvalue weighted by Crippen LogP contribution is -2.14. The fourth-order valence-corrected chi connectivity index (χ4v) is 3.74. The summed E-state index contributed by atoms with van der Waals surface area (Å²) in [5, 5.41) is 3.27. The van der Waals surface area contributed by atoms with Crippen LogP contribution in [0.1, 0.15) is 26.7 Å². The summed E-state index contributed by atoms with van der Waals surface area (Å²) in [5.74, 6) is 1.38. The number of hydrogen-bond acceptors (Lipinski definition) is 3. The summed E-state index contributed by atoms with van der Waals surface area (Å²) in [5.41, 5.74) is 6.40. The molecule has 0 aliphatic rings. The minimum Gasteiger partial charge on any atom is -0.399 e. The Morgan fingerprint density at radius 3 is 2.43 bits per heavy atom. The van der Waals surface area contributed by atoms with Crippen LogP contribution in [0.3, 0.4) is 0 Å². The van der Waals surface area contributed by atoms with Gasteiger partial charge < -0.3 is 11.1 Å². The number of halogens is 2. The van der Waals surface area contributed by atoms with Crippen molar-refractivity contribution in [2.24, 2.45) is 5.92 Å². The number of nitrogens with one attached hydrogen (secondary N) is 1. The lowest BCUT2D eigenvalue weighted by molar-refractivity contribution is -0.116. The first-order valence-electron chi connectivity index (χ1n) is 6.69.